The maximum absolute atomic E-state index is 13.8. The van der Waals surface area contributed by atoms with Crippen molar-refractivity contribution < 1.29 is 13.9 Å². The van der Waals surface area contributed by atoms with Gasteiger partial charge in [0, 0.05) is 17.5 Å². The SMILES string of the molecule is NCC1(C(O)c2cccc(F)c2F)CCCCCC1. The predicted octanol–water partition coefficient (Wildman–Crippen LogP) is 3.30. The zero-order valence-electron chi connectivity index (χ0n) is 11.0. The summed E-state index contributed by atoms with van der Waals surface area (Å²) in [6.45, 7) is 0.296. The molecule has 1 aliphatic carbocycles. The van der Waals surface area contributed by atoms with Crippen LogP contribution in [-0.2, 0) is 0 Å². The predicted molar refractivity (Wildman–Crippen MR) is 70.5 cm³/mol. The molecule has 0 aliphatic heterocycles. The Labute approximate surface area is 112 Å². The lowest BCUT2D eigenvalue weighted by Crippen LogP contribution is -2.37. The van der Waals surface area contributed by atoms with E-state index in [4.69, 9.17) is 5.73 Å². The molecule has 1 unspecified atom stereocenters. The van der Waals surface area contributed by atoms with E-state index in [1.807, 2.05) is 0 Å². The lowest BCUT2D eigenvalue weighted by molar-refractivity contribution is 0.0137. The second-order valence-electron chi connectivity index (χ2n) is 5.53. The number of rotatable bonds is 3. The number of hydrogen-bond donors (Lipinski definition) is 2. The minimum Gasteiger partial charge on any atom is -0.388 e. The van der Waals surface area contributed by atoms with E-state index in [9.17, 15) is 13.9 Å². The van der Waals surface area contributed by atoms with E-state index in [2.05, 4.69) is 0 Å². The topological polar surface area (TPSA) is 46.2 Å². The van der Waals surface area contributed by atoms with Gasteiger partial charge in [0.15, 0.2) is 11.6 Å². The highest BCUT2D eigenvalue weighted by atomic mass is 19.2. The van der Waals surface area contributed by atoms with Crippen molar-refractivity contribution in [2.75, 3.05) is 6.54 Å². The molecule has 0 saturated heterocycles. The number of halogens is 2. The first-order chi connectivity index (χ1) is 9.10. The second kappa shape index (κ2) is 5.97. The third-order valence-electron chi connectivity index (χ3n) is 4.36. The van der Waals surface area contributed by atoms with E-state index in [-0.39, 0.29) is 5.56 Å². The van der Waals surface area contributed by atoms with Crippen LogP contribution in [0, 0.1) is 17.0 Å². The largest absolute Gasteiger partial charge is 0.388 e. The van der Waals surface area contributed by atoms with Crippen molar-refractivity contribution in [2.24, 2.45) is 11.1 Å². The van der Waals surface area contributed by atoms with Gasteiger partial charge in [-0.25, -0.2) is 8.78 Å². The van der Waals surface area contributed by atoms with Crippen LogP contribution in [0.25, 0.3) is 0 Å². The molecular formula is C15H21F2NO. The van der Waals surface area contributed by atoms with Crippen LogP contribution in [0.5, 0.6) is 0 Å². The van der Waals surface area contributed by atoms with Crippen molar-refractivity contribution in [3.63, 3.8) is 0 Å². The van der Waals surface area contributed by atoms with E-state index >= 15 is 0 Å². The van der Waals surface area contributed by atoms with E-state index in [0.29, 0.717) is 6.54 Å². The smallest absolute Gasteiger partial charge is 0.164 e. The first kappa shape index (κ1) is 14.4. The normalized spacial score (nSPS) is 20.8. The van der Waals surface area contributed by atoms with Crippen LogP contribution >= 0.6 is 0 Å². The van der Waals surface area contributed by atoms with Crippen LogP contribution in [0.1, 0.15) is 50.2 Å². The minimum atomic E-state index is -1.04. The van der Waals surface area contributed by atoms with E-state index in [1.54, 1.807) is 0 Å². The zero-order valence-corrected chi connectivity index (χ0v) is 11.0. The molecule has 1 atom stereocenters. The molecule has 3 N–H and O–H groups in total. The van der Waals surface area contributed by atoms with Gasteiger partial charge in [0.25, 0.3) is 0 Å². The average Bonchev–Trinajstić information content (AvgIpc) is 2.67. The van der Waals surface area contributed by atoms with Gasteiger partial charge in [0.05, 0.1) is 6.10 Å². The molecule has 0 heterocycles. The van der Waals surface area contributed by atoms with Crippen molar-refractivity contribution >= 4 is 0 Å². The van der Waals surface area contributed by atoms with Gasteiger partial charge in [-0.3, -0.25) is 0 Å². The van der Waals surface area contributed by atoms with Crippen molar-refractivity contribution in [3.8, 4) is 0 Å². The molecule has 0 aromatic heterocycles. The molecule has 0 bridgehead atoms. The second-order valence-corrected chi connectivity index (χ2v) is 5.53. The molecule has 1 fully saturated rings. The van der Waals surface area contributed by atoms with Gasteiger partial charge in [0.2, 0.25) is 0 Å². The Hall–Kier alpha value is -1.00. The zero-order chi connectivity index (χ0) is 13.9. The Morgan fingerprint density at radius 3 is 2.37 bits per heavy atom. The summed E-state index contributed by atoms with van der Waals surface area (Å²) in [6.07, 6.45) is 4.67. The van der Waals surface area contributed by atoms with Gasteiger partial charge in [0.1, 0.15) is 0 Å². The summed E-state index contributed by atoms with van der Waals surface area (Å²) in [7, 11) is 0. The van der Waals surface area contributed by atoms with Crippen LogP contribution < -0.4 is 5.73 Å². The standard InChI is InChI=1S/C15H21F2NO/c16-12-7-5-6-11(13(12)17)14(19)15(10-18)8-3-1-2-4-9-15/h5-7,14,19H,1-4,8-10,18H2. The molecule has 0 radical (unpaired) electrons. The van der Waals surface area contributed by atoms with E-state index in [0.717, 1.165) is 44.6 Å². The summed E-state index contributed by atoms with van der Waals surface area (Å²) in [6, 6.07) is 3.94. The van der Waals surface area contributed by atoms with Crippen LogP contribution in [0.3, 0.4) is 0 Å². The van der Waals surface area contributed by atoms with Crippen LogP contribution in [0.2, 0.25) is 0 Å². The molecule has 2 nitrogen and oxygen atoms in total. The lowest BCUT2D eigenvalue weighted by atomic mass is 9.73. The minimum absolute atomic E-state index is 0.0346. The van der Waals surface area contributed by atoms with Gasteiger partial charge in [-0.05, 0) is 18.9 Å². The Morgan fingerprint density at radius 2 is 1.79 bits per heavy atom. The highest BCUT2D eigenvalue weighted by Crippen LogP contribution is 2.44. The molecule has 1 saturated carbocycles. The Balaban J connectivity index is 2.34. The number of benzene rings is 1. The summed E-state index contributed by atoms with van der Waals surface area (Å²) in [5.41, 5.74) is 5.37. The van der Waals surface area contributed by atoms with Crippen LogP contribution in [0.4, 0.5) is 8.78 Å². The van der Waals surface area contributed by atoms with Crippen molar-refractivity contribution in [1.29, 1.82) is 0 Å². The monoisotopic (exact) mass is 269 g/mol. The molecule has 106 valence electrons. The lowest BCUT2D eigenvalue weighted by Gasteiger charge is -2.36. The fourth-order valence-electron chi connectivity index (χ4n) is 3.08. The third kappa shape index (κ3) is 2.79. The van der Waals surface area contributed by atoms with Gasteiger partial charge < -0.3 is 10.8 Å². The van der Waals surface area contributed by atoms with Crippen LogP contribution in [-0.4, -0.2) is 11.7 Å². The molecule has 4 heteroatoms. The molecule has 2 rings (SSSR count). The molecule has 1 aromatic carbocycles. The summed E-state index contributed by atoms with van der Waals surface area (Å²) < 4.78 is 27.1. The third-order valence-corrected chi connectivity index (χ3v) is 4.36. The summed E-state index contributed by atoms with van der Waals surface area (Å²) in [4.78, 5) is 0. The maximum atomic E-state index is 13.8. The van der Waals surface area contributed by atoms with Gasteiger partial charge in [-0.1, -0.05) is 37.8 Å². The van der Waals surface area contributed by atoms with Gasteiger partial charge in [-0.2, -0.15) is 0 Å². The van der Waals surface area contributed by atoms with Crippen molar-refractivity contribution in [3.05, 3.63) is 35.4 Å². The highest BCUT2D eigenvalue weighted by molar-refractivity contribution is 5.23. The fourth-order valence-corrected chi connectivity index (χ4v) is 3.08. The van der Waals surface area contributed by atoms with Gasteiger partial charge in [-0.15, -0.1) is 0 Å². The Kier molecular flexibility index (Phi) is 4.53. The average molecular weight is 269 g/mol. The van der Waals surface area contributed by atoms with Crippen molar-refractivity contribution in [1.82, 2.24) is 0 Å². The Morgan fingerprint density at radius 1 is 1.16 bits per heavy atom. The molecule has 1 aliphatic rings. The number of aliphatic hydroxyl groups is 1. The summed E-state index contributed by atoms with van der Waals surface area (Å²) in [5, 5.41) is 10.5. The van der Waals surface area contributed by atoms with E-state index < -0.39 is 23.2 Å². The fraction of sp³-hybridized carbons (Fsp3) is 0.600. The summed E-state index contributed by atoms with van der Waals surface area (Å²) in [5.74, 6) is -1.87. The first-order valence-corrected chi connectivity index (χ1v) is 6.93. The molecule has 0 amide bonds. The molecule has 1 aromatic rings. The van der Waals surface area contributed by atoms with Crippen LogP contribution in [0.15, 0.2) is 18.2 Å². The number of hydrogen-bond acceptors (Lipinski definition) is 2. The van der Waals surface area contributed by atoms with Gasteiger partial charge >= 0.3 is 0 Å². The number of aliphatic hydroxyl groups excluding tert-OH is 1. The first-order valence-electron chi connectivity index (χ1n) is 6.93. The molecular weight excluding hydrogens is 248 g/mol. The van der Waals surface area contributed by atoms with Crippen molar-refractivity contribution in [2.45, 2.75) is 44.6 Å². The molecule has 19 heavy (non-hydrogen) atoms. The summed E-state index contributed by atoms with van der Waals surface area (Å²) >= 11 is 0. The van der Waals surface area contributed by atoms with E-state index in [1.165, 1.54) is 12.1 Å². The quantitative estimate of drug-likeness (QED) is 0.827. The Bertz CT molecular complexity index is 428. The molecule has 0 spiro atoms. The highest BCUT2D eigenvalue weighted by Gasteiger charge is 2.39. The number of nitrogens with two attached hydrogens (primary N) is 1. The maximum Gasteiger partial charge on any atom is 0.164 e.